The Hall–Kier alpha value is -1.41. The van der Waals surface area contributed by atoms with Gasteiger partial charge in [-0.2, -0.15) is 5.26 Å². The molecular weight excluding hydrogens is 289 g/mol. The molecule has 0 atom stereocenters. The van der Waals surface area contributed by atoms with Crippen LogP contribution in [0, 0.1) is 11.3 Å². The predicted molar refractivity (Wildman–Crippen MR) is 73.9 cm³/mol. The number of nitrogen functional groups attached to an aromatic ring is 1. The van der Waals surface area contributed by atoms with Crippen LogP contribution in [0.5, 0.6) is 0 Å². The maximum absolute atomic E-state index is 8.88. The molecule has 0 aliphatic carbocycles. The van der Waals surface area contributed by atoms with E-state index < -0.39 is 0 Å². The average Bonchev–Trinajstić information content (AvgIpc) is 2.36. The molecule has 2 N–H and O–H groups in total. The van der Waals surface area contributed by atoms with Gasteiger partial charge < -0.3 is 5.73 Å². The molecule has 0 fully saturated rings. The van der Waals surface area contributed by atoms with Crippen LogP contribution in [0.4, 0.5) is 5.69 Å². The Kier molecular flexibility index (Phi) is 3.97. The molecule has 0 aliphatic heterocycles. The lowest BCUT2D eigenvalue weighted by atomic mass is 10.2. The fraction of sp³-hybridized carbons (Fsp3) is 0. The number of benzene rings is 1. The molecule has 1 heterocycles. The van der Waals surface area contributed by atoms with Gasteiger partial charge >= 0.3 is 0 Å². The summed E-state index contributed by atoms with van der Waals surface area (Å²) in [5.74, 6) is 0. The first-order chi connectivity index (χ1) is 8.61. The second kappa shape index (κ2) is 5.49. The molecule has 0 saturated heterocycles. The van der Waals surface area contributed by atoms with Gasteiger partial charge in [-0.1, -0.05) is 35.0 Å². The second-order valence-corrected chi connectivity index (χ2v) is 5.24. The lowest BCUT2D eigenvalue weighted by Gasteiger charge is -2.06. The van der Waals surface area contributed by atoms with E-state index in [9.17, 15) is 0 Å². The van der Waals surface area contributed by atoms with E-state index in [0.29, 0.717) is 26.3 Å². The van der Waals surface area contributed by atoms with Gasteiger partial charge in [0.05, 0.1) is 21.3 Å². The molecule has 0 aliphatic rings. The minimum Gasteiger partial charge on any atom is -0.395 e. The normalized spacial score (nSPS) is 10.1. The Balaban J connectivity index is 2.35. The number of rotatable bonds is 2. The molecule has 90 valence electrons. The van der Waals surface area contributed by atoms with Crippen LogP contribution in [0.3, 0.4) is 0 Å². The third kappa shape index (κ3) is 2.70. The maximum Gasteiger partial charge on any atom is 0.125 e. The van der Waals surface area contributed by atoms with E-state index >= 15 is 0 Å². The quantitative estimate of drug-likeness (QED) is 0.910. The second-order valence-electron chi connectivity index (χ2n) is 3.37. The molecule has 0 unspecified atom stereocenters. The number of hydrogen-bond donors (Lipinski definition) is 1. The van der Waals surface area contributed by atoms with Gasteiger partial charge in [-0.25, -0.2) is 4.98 Å². The molecule has 0 amide bonds. The van der Waals surface area contributed by atoms with Crippen molar-refractivity contribution in [1.29, 1.82) is 5.26 Å². The van der Waals surface area contributed by atoms with Gasteiger partial charge in [-0.15, -0.1) is 0 Å². The highest BCUT2D eigenvalue weighted by Gasteiger charge is 2.08. The van der Waals surface area contributed by atoms with E-state index in [-0.39, 0.29) is 0 Å². The van der Waals surface area contributed by atoms with E-state index in [1.807, 2.05) is 12.1 Å². The van der Waals surface area contributed by atoms with Crippen LogP contribution < -0.4 is 5.73 Å². The van der Waals surface area contributed by atoms with Crippen LogP contribution in [0.2, 0.25) is 10.0 Å². The summed E-state index contributed by atoms with van der Waals surface area (Å²) in [6, 6.07) is 8.85. The van der Waals surface area contributed by atoms with Crippen LogP contribution in [0.25, 0.3) is 0 Å². The lowest BCUT2D eigenvalue weighted by Crippen LogP contribution is -1.95. The lowest BCUT2D eigenvalue weighted by molar-refractivity contribution is 1.13. The predicted octanol–water partition coefficient (Wildman–Crippen LogP) is 3.99. The molecule has 0 bridgehead atoms. The maximum atomic E-state index is 8.88. The van der Waals surface area contributed by atoms with Gasteiger partial charge in [0.15, 0.2) is 0 Å². The molecule has 2 aromatic rings. The Morgan fingerprint density at radius 2 is 2.00 bits per heavy atom. The number of nitrogens with zero attached hydrogens (tertiary/aromatic N) is 2. The Bertz CT molecular complexity index is 638. The van der Waals surface area contributed by atoms with E-state index in [0.717, 1.165) is 4.90 Å². The molecule has 18 heavy (non-hydrogen) atoms. The number of pyridine rings is 1. The monoisotopic (exact) mass is 295 g/mol. The summed E-state index contributed by atoms with van der Waals surface area (Å²) < 4.78 is 0. The van der Waals surface area contributed by atoms with Crippen molar-refractivity contribution < 1.29 is 0 Å². The standard InChI is InChI=1S/C12H7Cl2N3S/c13-9-2-1-8(5-10(9)14)18-12-11(16)7(6-15)3-4-17-12/h1-5H,16H2. The SMILES string of the molecule is N#Cc1ccnc(Sc2ccc(Cl)c(Cl)c2)c1N. The minimum absolute atomic E-state index is 0.371. The summed E-state index contributed by atoms with van der Waals surface area (Å²) in [4.78, 5) is 5.00. The van der Waals surface area contributed by atoms with E-state index in [1.54, 1.807) is 24.4 Å². The Labute approximate surface area is 119 Å². The van der Waals surface area contributed by atoms with Gasteiger partial charge in [-0.05, 0) is 24.3 Å². The molecule has 6 heteroatoms. The minimum atomic E-state index is 0.371. The number of aromatic nitrogens is 1. The molecule has 1 aromatic carbocycles. The summed E-state index contributed by atoms with van der Waals surface area (Å²) >= 11 is 13.1. The van der Waals surface area contributed by atoms with E-state index in [4.69, 9.17) is 34.2 Å². The summed E-state index contributed by atoms with van der Waals surface area (Å²) in [7, 11) is 0. The first kappa shape index (κ1) is 13.0. The van der Waals surface area contributed by atoms with Gasteiger partial charge in [0.1, 0.15) is 11.1 Å². The highest BCUT2D eigenvalue weighted by Crippen LogP contribution is 2.34. The Morgan fingerprint density at radius 3 is 2.67 bits per heavy atom. The van der Waals surface area contributed by atoms with E-state index in [1.165, 1.54) is 11.8 Å². The van der Waals surface area contributed by atoms with Crippen LogP contribution in [0.15, 0.2) is 40.4 Å². The van der Waals surface area contributed by atoms with Crippen LogP contribution >= 0.6 is 35.0 Å². The summed E-state index contributed by atoms with van der Waals surface area (Å²) in [5, 5.41) is 10.4. The fourth-order valence-electron chi connectivity index (χ4n) is 1.28. The van der Waals surface area contributed by atoms with Gasteiger partial charge in [0.2, 0.25) is 0 Å². The van der Waals surface area contributed by atoms with E-state index in [2.05, 4.69) is 4.98 Å². The first-order valence-corrected chi connectivity index (χ1v) is 6.46. The zero-order chi connectivity index (χ0) is 13.1. The molecule has 1 aromatic heterocycles. The molecule has 2 rings (SSSR count). The molecule has 0 radical (unpaired) electrons. The van der Waals surface area contributed by atoms with Crippen LogP contribution in [-0.4, -0.2) is 4.98 Å². The van der Waals surface area contributed by atoms with Crippen LogP contribution in [-0.2, 0) is 0 Å². The van der Waals surface area contributed by atoms with Crippen molar-refractivity contribution in [3.05, 3.63) is 46.1 Å². The largest absolute Gasteiger partial charge is 0.395 e. The van der Waals surface area contributed by atoms with Crippen molar-refractivity contribution in [1.82, 2.24) is 4.98 Å². The van der Waals surface area contributed by atoms with Gasteiger partial charge in [-0.3, -0.25) is 0 Å². The average molecular weight is 296 g/mol. The number of nitriles is 1. The smallest absolute Gasteiger partial charge is 0.125 e. The highest BCUT2D eigenvalue weighted by molar-refractivity contribution is 7.99. The number of nitrogens with two attached hydrogens (primary N) is 1. The summed E-state index contributed by atoms with van der Waals surface area (Å²) in [6.07, 6.45) is 1.55. The third-order valence-corrected chi connectivity index (χ3v) is 3.93. The van der Waals surface area contributed by atoms with Crippen LogP contribution in [0.1, 0.15) is 5.56 Å². The first-order valence-electron chi connectivity index (χ1n) is 4.89. The molecule has 0 spiro atoms. The van der Waals surface area contributed by atoms with Gasteiger partial charge in [0.25, 0.3) is 0 Å². The summed E-state index contributed by atoms with van der Waals surface area (Å²) in [5.41, 5.74) is 6.63. The molecular formula is C12H7Cl2N3S. The zero-order valence-corrected chi connectivity index (χ0v) is 11.4. The van der Waals surface area contributed by atoms with Gasteiger partial charge in [0, 0.05) is 11.1 Å². The third-order valence-electron chi connectivity index (χ3n) is 2.18. The van der Waals surface area contributed by atoms with Crippen molar-refractivity contribution in [2.75, 3.05) is 5.73 Å². The molecule has 3 nitrogen and oxygen atoms in total. The Morgan fingerprint density at radius 1 is 1.22 bits per heavy atom. The summed E-state index contributed by atoms with van der Waals surface area (Å²) in [6.45, 7) is 0. The highest BCUT2D eigenvalue weighted by atomic mass is 35.5. The van der Waals surface area contributed by atoms with Crippen molar-refractivity contribution in [3.8, 4) is 6.07 Å². The topological polar surface area (TPSA) is 62.7 Å². The number of hydrogen-bond acceptors (Lipinski definition) is 4. The van der Waals surface area contributed by atoms with Crippen molar-refractivity contribution in [2.24, 2.45) is 0 Å². The van der Waals surface area contributed by atoms with Crippen molar-refractivity contribution in [3.63, 3.8) is 0 Å². The molecule has 0 saturated carbocycles. The fourth-order valence-corrected chi connectivity index (χ4v) is 2.52. The van der Waals surface area contributed by atoms with Crippen molar-refractivity contribution >= 4 is 40.7 Å². The number of anilines is 1. The zero-order valence-electron chi connectivity index (χ0n) is 9.02. The van der Waals surface area contributed by atoms with Crippen molar-refractivity contribution in [2.45, 2.75) is 9.92 Å². The number of halogens is 2.